The quantitative estimate of drug-likeness (QED) is 0.437. The van der Waals surface area contributed by atoms with Crippen LogP contribution in [0.25, 0.3) is 10.8 Å². The van der Waals surface area contributed by atoms with Crippen molar-refractivity contribution in [3.63, 3.8) is 0 Å². The molecule has 0 fully saturated rings. The molecule has 4 N–H and O–H groups in total. The lowest BCUT2D eigenvalue weighted by Crippen LogP contribution is -2.19. The van der Waals surface area contributed by atoms with Gasteiger partial charge in [-0.2, -0.15) is 0 Å². The molecule has 0 amide bonds. The standard InChI is InChI=1S/C19H18ClN3O2S/c1-24-17-10-18(25-2)16(9-13(17)20)23-19(26)22-15-8-7-14(21)11-5-3-4-6-12(11)15/h3-10H,21H2,1-2H3,(H2,22,23,26). The van der Waals surface area contributed by atoms with Crippen LogP contribution in [0.1, 0.15) is 0 Å². The van der Waals surface area contributed by atoms with Gasteiger partial charge in [-0.25, -0.2) is 0 Å². The first-order valence-electron chi connectivity index (χ1n) is 7.80. The number of fused-ring (bicyclic) bond motifs is 1. The highest BCUT2D eigenvalue weighted by Crippen LogP contribution is 2.36. The van der Waals surface area contributed by atoms with E-state index in [4.69, 9.17) is 39.0 Å². The van der Waals surface area contributed by atoms with Crippen molar-refractivity contribution in [3.8, 4) is 11.5 Å². The van der Waals surface area contributed by atoms with Crippen LogP contribution in [0.2, 0.25) is 5.02 Å². The summed E-state index contributed by atoms with van der Waals surface area (Å²) in [4.78, 5) is 0. The number of thiocarbonyl (C=S) groups is 1. The summed E-state index contributed by atoms with van der Waals surface area (Å²) in [5.41, 5.74) is 8.25. The average Bonchev–Trinajstić information content (AvgIpc) is 2.64. The van der Waals surface area contributed by atoms with Gasteiger partial charge in [0.05, 0.1) is 24.9 Å². The maximum atomic E-state index is 6.20. The van der Waals surface area contributed by atoms with Gasteiger partial charge in [-0.1, -0.05) is 35.9 Å². The highest BCUT2D eigenvalue weighted by Gasteiger charge is 2.12. The Balaban J connectivity index is 1.86. The predicted molar refractivity (Wildman–Crippen MR) is 113 cm³/mol. The van der Waals surface area contributed by atoms with E-state index in [1.807, 2.05) is 36.4 Å². The van der Waals surface area contributed by atoms with Crippen molar-refractivity contribution in [2.45, 2.75) is 0 Å². The number of anilines is 3. The number of nitrogens with two attached hydrogens (primary N) is 1. The highest BCUT2D eigenvalue weighted by molar-refractivity contribution is 7.80. The van der Waals surface area contributed by atoms with Gasteiger partial charge < -0.3 is 25.8 Å². The lowest BCUT2D eigenvalue weighted by molar-refractivity contribution is 0.396. The smallest absolute Gasteiger partial charge is 0.175 e. The molecule has 0 heterocycles. The minimum atomic E-state index is 0.402. The van der Waals surface area contributed by atoms with E-state index in [1.54, 1.807) is 26.4 Å². The van der Waals surface area contributed by atoms with E-state index >= 15 is 0 Å². The molecule has 3 aromatic rings. The molecule has 0 aromatic heterocycles. The van der Waals surface area contributed by atoms with Crippen LogP contribution in [-0.2, 0) is 0 Å². The van der Waals surface area contributed by atoms with Gasteiger partial charge in [0.15, 0.2) is 5.11 Å². The second-order valence-corrected chi connectivity index (χ2v) is 6.33. The summed E-state index contributed by atoms with van der Waals surface area (Å²) in [6.07, 6.45) is 0. The molecule has 26 heavy (non-hydrogen) atoms. The van der Waals surface area contributed by atoms with Gasteiger partial charge in [-0.15, -0.1) is 0 Å². The van der Waals surface area contributed by atoms with E-state index < -0.39 is 0 Å². The first kappa shape index (κ1) is 18.1. The molecule has 0 aliphatic rings. The van der Waals surface area contributed by atoms with Gasteiger partial charge >= 0.3 is 0 Å². The van der Waals surface area contributed by atoms with Crippen LogP contribution < -0.4 is 25.8 Å². The Hall–Kier alpha value is -2.70. The van der Waals surface area contributed by atoms with Crippen molar-refractivity contribution < 1.29 is 9.47 Å². The van der Waals surface area contributed by atoms with Crippen molar-refractivity contribution in [2.24, 2.45) is 0 Å². The summed E-state index contributed by atoms with van der Waals surface area (Å²) in [6, 6.07) is 15.0. The zero-order valence-electron chi connectivity index (χ0n) is 14.3. The largest absolute Gasteiger partial charge is 0.495 e. The minimum Gasteiger partial charge on any atom is -0.495 e. The predicted octanol–water partition coefficient (Wildman–Crippen LogP) is 4.90. The molecule has 3 aromatic carbocycles. The van der Waals surface area contributed by atoms with Crippen LogP contribution in [0.4, 0.5) is 17.1 Å². The Labute approximate surface area is 162 Å². The van der Waals surface area contributed by atoms with Crippen LogP contribution >= 0.6 is 23.8 Å². The Morgan fingerprint density at radius 1 is 0.923 bits per heavy atom. The van der Waals surface area contributed by atoms with Crippen molar-refractivity contribution in [3.05, 3.63) is 53.6 Å². The summed E-state index contributed by atoms with van der Waals surface area (Å²) >= 11 is 11.6. The Morgan fingerprint density at radius 3 is 2.27 bits per heavy atom. The molecule has 0 radical (unpaired) electrons. The van der Waals surface area contributed by atoms with Crippen molar-refractivity contribution >= 4 is 56.8 Å². The Bertz CT molecular complexity index is 978. The van der Waals surface area contributed by atoms with Gasteiger partial charge in [-0.3, -0.25) is 0 Å². The molecule has 7 heteroatoms. The lowest BCUT2D eigenvalue weighted by atomic mass is 10.1. The molecule has 0 bridgehead atoms. The third-order valence-electron chi connectivity index (χ3n) is 3.93. The van der Waals surface area contributed by atoms with Gasteiger partial charge in [0.1, 0.15) is 11.5 Å². The molecule has 0 saturated carbocycles. The first-order valence-corrected chi connectivity index (χ1v) is 8.59. The number of hydrogen-bond donors (Lipinski definition) is 3. The second-order valence-electron chi connectivity index (χ2n) is 5.51. The molecule has 0 aliphatic heterocycles. The molecule has 0 saturated heterocycles. The average molecular weight is 388 g/mol. The van der Waals surface area contributed by atoms with Crippen LogP contribution in [0.15, 0.2) is 48.5 Å². The van der Waals surface area contributed by atoms with E-state index in [9.17, 15) is 0 Å². The second kappa shape index (κ2) is 7.68. The van der Waals surface area contributed by atoms with Gasteiger partial charge in [0.2, 0.25) is 0 Å². The summed E-state index contributed by atoms with van der Waals surface area (Å²) < 4.78 is 10.6. The maximum absolute atomic E-state index is 6.20. The van der Waals surface area contributed by atoms with E-state index in [1.165, 1.54) is 0 Å². The first-order chi connectivity index (χ1) is 12.5. The summed E-state index contributed by atoms with van der Waals surface area (Å²) in [5.74, 6) is 1.09. The number of halogens is 1. The zero-order chi connectivity index (χ0) is 18.7. The number of nitrogens with one attached hydrogen (secondary N) is 2. The third-order valence-corrected chi connectivity index (χ3v) is 4.43. The Morgan fingerprint density at radius 2 is 1.58 bits per heavy atom. The number of rotatable bonds is 4. The number of ether oxygens (including phenoxy) is 2. The molecule has 5 nitrogen and oxygen atoms in total. The maximum Gasteiger partial charge on any atom is 0.175 e. The third kappa shape index (κ3) is 3.61. The molecule has 134 valence electrons. The fraction of sp³-hybridized carbons (Fsp3) is 0.105. The fourth-order valence-corrected chi connectivity index (χ4v) is 3.13. The summed E-state index contributed by atoms with van der Waals surface area (Å²) in [6.45, 7) is 0. The van der Waals surface area contributed by atoms with Gasteiger partial charge in [-0.05, 0) is 30.4 Å². The zero-order valence-corrected chi connectivity index (χ0v) is 15.9. The van der Waals surface area contributed by atoms with Crippen LogP contribution in [0, 0.1) is 0 Å². The number of benzene rings is 3. The number of methoxy groups -OCH3 is 2. The SMILES string of the molecule is COc1cc(OC)c(NC(=S)Nc2ccc(N)c3ccccc23)cc1Cl. The van der Waals surface area contributed by atoms with Crippen molar-refractivity contribution in [1.29, 1.82) is 0 Å². The molecule has 3 rings (SSSR count). The van der Waals surface area contributed by atoms with E-state index in [0.29, 0.717) is 33.0 Å². The normalized spacial score (nSPS) is 10.4. The number of hydrogen-bond acceptors (Lipinski definition) is 4. The molecular weight excluding hydrogens is 370 g/mol. The topological polar surface area (TPSA) is 68.5 Å². The molecule has 0 unspecified atom stereocenters. The van der Waals surface area contributed by atoms with Crippen LogP contribution in [-0.4, -0.2) is 19.3 Å². The molecule has 0 aliphatic carbocycles. The summed E-state index contributed by atoms with van der Waals surface area (Å²) in [5, 5.41) is 9.10. The van der Waals surface area contributed by atoms with Gasteiger partial charge in [0.25, 0.3) is 0 Å². The van der Waals surface area contributed by atoms with Crippen LogP contribution in [0.5, 0.6) is 11.5 Å². The summed E-state index contributed by atoms with van der Waals surface area (Å²) in [7, 11) is 3.12. The Kier molecular flexibility index (Phi) is 5.35. The lowest BCUT2D eigenvalue weighted by Gasteiger charge is -2.16. The highest BCUT2D eigenvalue weighted by atomic mass is 35.5. The molecule has 0 atom stereocenters. The number of nitrogen functional groups attached to an aromatic ring is 1. The van der Waals surface area contributed by atoms with Crippen molar-refractivity contribution in [2.75, 3.05) is 30.6 Å². The van der Waals surface area contributed by atoms with E-state index in [2.05, 4.69) is 10.6 Å². The minimum absolute atomic E-state index is 0.402. The van der Waals surface area contributed by atoms with Crippen molar-refractivity contribution in [1.82, 2.24) is 0 Å². The fourth-order valence-electron chi connectivity index (χ4n) is 2.66. The molecular formula is C19H18ClN3O2S. The molecule has 0 spiro atoms. The van der Waals surface area contributed by atoms with E-state index in [0.717, 1.165) is 16.5 Å². The van der Waals surface area contributed by atoms with E-state index in [-0.39, 0.29) is 0 Å². The van der Waals surface area contributed by atoms with Crippen LogP contribution in [0.3, 0.4) is 0 Å². The van der Waals surface area contributed by atoms with Gasteiger partial charge in [0, 0.05) is 28.2 Å². The monoisotopic (exact) mass is 387 g/mol.